The molecule has 1 atom stereocenters. The number of carbonyl (C=O) groups excluding carboxylic acids is 1. The first-order valence-electron chi connectivity index (χ1n) is 6.45. The van der Waals surface area contributed by atoms with Crippen LogP contribution in [-0.2, 0) is 4.79 Å². The third-order valence-corrected chi connectivity index (χ3v) is 3.66. The highest BCUT2D eigenvalue weighted by molar-refractivity contribution is 5.78. The topological polar surface area (TPSA) is 44.4 Å². The Kier molecular flexibility index (Phi) is 4.18. The van der Waals surface area contributed by atoms with Crippen LogP contribution in [0, 0.1) is 0 Å². The van der Waals surface area contributed by atoms with Gasteiger partial charge in [-0.1, -0.05) is 12.8 Å². The number of rotatable bonds is 4. The van der Waals surface area contributed by atoms with Crippen LogP contribution in [-0.4, -0.2) is 49.6 Å². The number of nitrogens with zero attached hydrogens (tertiary/aromatic N) is 1. The minimum absolute atomic E-state index is 0.168. The quantitative estimate of drug-likeness (QED) is 0.725. The predicted octanol–water partition coefficient (Wildman–Crippen LogP) is 0.339. The van der Waals surface area contributed by atoms with Crippen molar-refractivity contribution in [1.29, 1.82) is 0 Å². The van der Waals surface area contributed by atoms with Crippen molar-refractivity contribution in [2.75, 3.05) is 26.7 Å². The Bertz CT molecular complexity index is 238. The van der Waals surface area contributed by atoms with E-state index in [-0.39, 0.29) is 5.91 Å². The minimum atomic E-state index is 0.168. The molecule has 92 valence electrons. The van der Waals surface area contributed by atoms with Crippen LogP contribution in [0.1, 0.15) is 32.1 Å². The number of carbonyl (C=O) groups is 1. The van der Waals surface area contributed by atoms with Gasteiger partial charge in [-0.05, 0) is 32.9 Å². The lowest BCUT2D eigenvalue weighted by Gasteiger charge is -2.15. The number of likely N-dealkylation sites (tertiary alicyclic amines) is 1. The summed E-state index contributed by atoms with van der Waals surface area (Å²) < 4.78 is 0. The fourth-order valence-electron chi connectivity index (χ4n) is 2.69. The average Bonchev–Trinajstić information content (AvgIpc) is 2.87. The highest BCUT2D eigenvalue weighted by Gasteiger charge is 2.21. The predicted molar refractivity (Wildman–Crippen MR) is 64.3 cm³/mol. The zero-order valence-corrected chi connectivity index (χ0v) is 10.2. The summed E-state index contributed by atoms with van der Waals surface area (Å²) in [5.41, 5.74) is 0. The van der Waals surface area contributed by atoms with Crippen LogP contribution in [0.4, 0.5) is 0 Å². The Morgan fingerprint density at radius 3 is 2.62 bits per heavy atom. The normalized spacial score (nSPS) is 27.4. The van der Waals surface area contributed by atoms with Gasteiger partial charge in [0.25, 0.3) is 0 Å². The first-order valence-corrected chi connectivity index (χ1v) is 6.45. The Morgan fingerprint density at radius 1 is 1.25 bits per heavy atom. The van der Waals surface area contributed by atoms with Crippen molar-refractivity contribution in [2.45, 2.75) is 44.2 Å². The molecule has 4 nitrogen and oxygen atoms in total. The second-order valence-electron chi connectivity index (χ2n) is 5.18. The van der Waals surface area contributed by atoms with Gasteiger partial charge in [0.05, 0.1) is 6.54 Å². The molecule has 2 rings (SSSR count). The standard InChI is InChI=1S/C12H23N3O/c1-15-7-6-11(9-15)13-8-12(16)14-10-4-2-3-5-10/h10-11,13H,2-9H2,1H3,(H,14,16). The molecule has 0 aromatic rings. The molecule has 1 heterocycles. The van der Waals surface area contributed by atoms with E-state index in [1.54, 1.807) is 0 Å². The molecule has 0 aromatic heterocycles. The van der Waals surface area contributed by atoms with E-state index in [1.165, 1.54) is 12.8 Å². The first kappa shape index (κ1) is 11.9. The fourth-order valence-corrected chi connectivity index (χ4v) is 2.69. The highest BCUT2D eigenvalue weighted by atomic mass is 16.2. The molecule has 2 fully saturated rings. The van der Waals surface area contributed by atoms with Gasteiger partial charge in [-0.25, -0.2) is 0 Å². The smallest absolute Gasteiger partial charge is 0.234 e. The van der Waals surface area contributed by atoms with E-state index in [4.69, 9.17) is 0 Å². The molecule has 2 aliphatic rings. The molecular formula is C12H23N3O. The number of amides is 1. The second kappa shape index (κ2) is 5.64. The minimum Gasteiger partial charge on any atom is -0.352 e. The second-order valence-corrected chi connectivity index (χ2v) is 5.18. The van der Waals surface area contributed by atoms with Crippen molar-refractivity contribution >= 4 is 5.91 Å². The van der Waals surface area contributed by atoms with Gasteiger partial charge < -0.3 is 15.5 Å². The summed E-state index contributed by atoms with van der Waals surface area (Å²) in [6.45, 7) is 2.69. The molecule has 0 spiro atoms. The summed E-state index contributed by atoms with van der Waals surface area (Å²) in [5.74, 6) is 0.168. The summed E-state index contributed by atoms with van der Waals surface area (Å²) >= 11 is 0. The number of nitrogens with one attached hydrogen (secondary N) is 2. The summed E-state index contributed by atoms with van der Waals surface area (Å²) in [7, 11) is 2.13. The Labute approximate surface area is 97.8 Å². The van der Waals surface area contributed by atoms with Gasteiger partial charge in [0.2, 0.25) is 5.91 Å². The molecule has 4 heteroatoms. The van der Waals surface area contributed by atoms with Crippen molar-refractivity contribution in [3.63, 3.8) is 0 Å². The van der Waals surface area contributed by atoms with E-state index in [9.17, 15) is 4.79 Å². The van der Waals surface area contributed by atoms with Crippen molar-refractivity contribution in [2.24, 2.45) is 0 Å². The molecule has 0 bridgehead atoms. The molecule has 1 aliphatic carbocycles. The zero-order chi connectivity index (χ0) is 11.4. The van der Waals surface area contributed by atoms with Gasteiger partial charge >= 0.3 is 0 Å². The molecule has 1 saturated heterocycles. The molecule has 1 aliphatic heterocycles. The lowest BCUT2D eigenvalue weighted by atomic mass is 10.2. The average molecular weight is 225 g/mol. The van der Waals surface area contributed by atoms with Gasteiger partial charge in [-0.15, -0.1) is 0 Å². The number of hydrogen-bond acceptors (Lipinski definition) is 3. The maximum absolute atomic E-state index is 11.7. The van der Waals surface area contributed by atoms with Crippen molar-refractivity contribution < 1.29 is 4.79 Å². The molecule has 1 saturated carbocycles. The third kappa shape index (κ3) is 3.46. The van der Waals surface area contributed by atoms with Crippen LogP contribution in [0.15, 0.2) is 0 Å². The Morgan fingerprint density at radius 2 is 2.00 bits per heavy atom. The Balaban J connectivity index is 1.60. The van der Waals surface area contributed by atoms with Crippen LogP contribution in [0.5, 0.6) is 0 Å². The van der Waals surface area contributed by atoms with E-state index < -0.39 is 0 Å². The zero-order valence-electron chi connectivity index (χ0n) is 10.2. The molecule has 2 N–H and O–H groups in total. The third-order valence-electron chi connectivity index (χ3n) is 3.66. The maximum Gasteiger partial charge on any atom is 0.234 e. The van der Waals surface area contributed by atoms with Crippen molar-refractivity contribution in [3.8, 4) is 0 Å². The van der Waals surface area contributed by atoms with Crippen LogP contribution in [0.25, 0.3) is 0 Å². The van der Waals surface area contributed by atoms with Gasteiger partial charge in [-0.3, -0.25) is 4.79 Å². The van der Waals surface area contributed by atoms with E-state index >= 15 is 0 Å². The Hall–Kier alpha value is -0.610. The van der Waals surface area contributed by atoms with Crippen molar-refractivity contribution in [1.82, 2.24) is 15.5 Å². The monoisotopic (exact) mass is 225 g/mol. The summed E-state index contributed by atoms with van der Waals surface area (Å²) in [5, 5.41) is 6.43. The largest absolute Gasteiger partial charge is 0.352 e. The van der Waals surface area contributed by atoms with Crippen LogP contribution in [0.3, 0.4) is 0 Å². The van der Waals surface area contributed by atoms with E-state index in [0.717, 1.165) is 32.4 Å². The lowest BCUT2D eigenvalue weighted by molar-refractivity contribution is -0.121. The number of likely N-dealkylation sites (N-methyl/N-ethyl adjacent to an activating group) is 1. The van der Waals surface area contributed by atoms with Gasteiger partial charge in [0, 0.05) is 18.6 Å². The highest BCUT2D eigenvalue weighted by Crippen LogP contribution is 2.17. The molecule has 1 unspecified atom stereocenters. The summed E-state index contributed by atoms with van der Waals surface area (Å²) in [6, 6.07) is 0.944. The molecular weight excluding hydrogens is 202 g/mol. The van der Waals surface area contributed by atoms with Crippen LogP contribution >= 0.6 is 0 Å². The molecule has 16 heavy (non-hydrogen) atoms. The van der Waals surface area contributed by atoms with E-state index in [2.05, 4.69) is 22.6 Å². The van der Waals surface area contributed by atoms with Crippen LogP contribution < -0.4 is 10.6 Å². The maximum atomic E-state index is 11.7. The van der Waals surface area contributed by atoms with Gasteiger partial charge in [0.1, 0.15) is 0 Å². The molecule has 0 radical (unpaired) electrons. The van der Waals surface area contributed by atoms with Crippen molar-refractivity contribution in [3.05, 3.63) is 0 Å². The summed E-state index contributed by atoms with van der Waals surface area (Å²) in [4.78, 5) is 13.9. The first-order chi connectivity index (χ1) is 7.74. The lowest BCUT2D eigenvalue weighted by Crippen LogP contribution is -2.43. The van der Waals surface area contributed by atoms with Crippen LogP contribution in [0.2, 0.25) is 0 Å². The molecule has 0 aromatic carbocycles. The summed E-state index contributed by atoms with van der Waals surface area (Å²) in [6.07, 6.45) is 6.03. The number of hydrogen-bond donors (Lipinski definition) is 2. The molecule has 1 amide bonds. The van der Waals surface area contributed by atoms with Gasteiger partial charge in [-0.2, -0.15) is 0 Å². The SMILES string of the molecule is CN1CCC(NCC(=O)NC2CCCC2)C1. The fraction of sp³-hybridized carbons (Fsp3) is 0.917. The van der Waals surface area contributed by atoms with E-state index in [1.807, 2.05) is 0 Å². The van der Waals surface area contributed by atoms with E-state index in [0.29, 0.717) is 18.6 Å². The van der Waals surface area contributed by atoms with Gasteiger partial charge in [0.15, 0.2) is 0 Å².